The highest BCUT2D eigenvalue weighted by Crippen LogP contribution is 2.39. The number of hydrogen-bond acceptors (Lipinski definition) is 11. The highest BCUT2D eigenvalue weighted by Gasteiger charge is 2.36. The van der Waals surface area contributed by atoms with Gasteiger partial charge in [0.1, 0.15) is 6.54 Å². The van der Waals surface area contributed by atoms with Gasteiger partial charge in [-0.2, -0.15) is 0 Å². The molecule has 0 spiro atoms. The number of rotatable bonds is 10. The molecule has 36 heavy (non-hydrogen) atoms. The second kappa shape index (κ2) is 11.3. The summed E-state index contributed by atoms with van der Waals surface area (Å²) in [7, 11) is 0. The Labute approximate surface area is 207 Å². The number of amides is 2. The number of ether oxygens (including phenoxy) is 3. The molecule has 1 aliphatic heterocycles. The van der Waals surface area contributed by atoms with Crippen molar-refractivity contribution in [3.63, 3.8) is 0 Å². The fraction of sp³-hybridized carbons (Fsp3) is 0.227. The van der Waals surface area contributed by atoms with Crippen molar-refractivity contribution < 1.29 is 38.4 Å². The van der Waals surface area contributed by atoms with Gasteiger partial charge in [-0.05, 0) is 55.4 Å². The molecule has 2 aromatic rings. The predicted molar refractivity (Wildman–Crippen MR) is 127 cm³/mol. The molecule has 1 fully saturated rings. The highest BCUT2D eigenvalue weighted by atomic mass is 32.2. The zero-order valence-corrected chi connectivity index (χ0v) is 19.8. The smallest absolute Gasteiger partial charge is 0.326 e. The lowest BCUT2D eigenvalue weighted by Gasteiger charge is -2.13. The summed E-state index contributed by atoms with van der Waals surface area (Å²) in [6.45, 7) is 3.13. The van der Waals surface area contributed by atoms with Gasteiger partial charge in [0.15, 0.2) is 11.5 Å². The van der Waals surface area contributed by atoms with Crippen molar-refractivity contribution >= 4 is 46.3 Å². The number of nitrogens with zero attached hydrogens (tertiary/aromatic N) is 3. The van der Waals surface area contributed by atoms with E-state index in [1.54, 1.807) is 13.8 Å². The zero-order chi connectivity index (χ0) is 26.4. The number of carbonyl (C=O) groups excluding carboxylic acids is 3. The van der Waals surface area contributed by atoms with Crippen molar-refractivity contribution in [3.8, 4) is 17.2 Å². The van der Waals surface area contributed by atoms with Crippen molar-refractivity contribution in [1.82, 2.24) is 4.90 Å². The van der Waals surface area contributed by atoms with Crippen LogP contribution in [0, 0.1) is 20.2 Å². The number of benzene rings is 2. The van der Waals surface area contributed by atoms with Crippen molar-refractivity contribution in [1.29, 1.82) is 0 Å². The second-order valence-electron chi connectivity index (χ2n) is 6.98. The average Bonchev–Trinajstić information content (AvgIpc) is 3.08. The summed E-state index contributed by atoms with van der Waals surface area (Å²) in [5, 5.41) is 21.7. The Bertz CT molecular complexity index is 1280. The lowest BCUT2D eigenvalue weighted by Crippen LogP contribution is -2.34. The molecule has 0 saturated carbocycles. The van der Waals surface area contributed by atoms with E-state index >= 15 is 0 Å². The predicted octanol–water partition coefficient (Wildman–Crippen LogP) is 4.29. The Hall–Kier alpha value is -4.46. The summed E-state index contributed by atoms with van der Waals surface area (Å²) >= 11 is 0.660. The minimum atomic E-state index is -0.802. The first-order chi connectivity index (χ1) is 17.1. The van der Waals surface area contributed by atoms with Crippen LogP contribution in [0.3, 0.4) is 0 Å². The van der Waals surface area contributed by atoms with E-state index in [1.807, 2.05) is 0 Å². The Morgan fingerprint density at radius 3 is 2.36 bits per heavy atom. The molecule has 0 unspecified atom stereocenters. The third-order valence-electron chi connectivity index (χ3n) is 4.60. The Kier molecular flexibility index (Phi) is 8.22. The summed E-state index contributed by atoms with van der Waals surface area (Å²) in [5.41, 5.74) is -0.622. The molecular formula is C22H19N3O10S. The van der Waals surface area contributed by atoms with Crippen LogP contribution in [0.5, 0.6) is 17.2 Å². The van der Waals surface area contributed by atoms with Gasteiger partial charge in [0.25, 0.3) is 16.8 Å². The summed E-state index contributed by atoms with van der Waals surface area (Å²) < 4.78 is 16.0. The maximum atomic E-state index is 12.6. The second-order valence-corrected chi connectivity index (χ2v) is 7.97. The number of imide groups is 1. The summed E-state index contributed by atoms with van der Waals surface area (Å²) in [4.78, 5) is 58.1. The maximum absolute atomic E-state index is 12.6. The first-order valence-corrected chi connectivity index (χ1v) is 11.2. The lowest BCUT2D eigenvalue weighted by atomic mass is 10.1. The summed E-state index contributed by atoms with van der Waals surface area (Å²) in [5.74, 6) is -1.34. The molecular weight excluding hydrogens is 498 g/mol. The number of non-ortho nitro benzene ring substituents is 1. The van der Waals surface area contributed by atoms with E-state index in [4.69, 9.17) is 14.2 Å². The van der Waals surface area contributed by atoms with E-state index in [0.717, 1.165) is 23.1 Å². The van der Waals surface area contributed by atoms with Gasteiger partial charge >= 0.3 is 11.7 Å². The van der Waals surface area contributed by atoms with Crippen molar-refractivity contribution in [3.05, 3.63) is 67.1 Å². The molecule has 0 aromatic heterocycles. The fourth-order valence-electron chi connectivity index (χ4n) is 3.06. The van der Waals surface area contributed by atoms with E-state index < -0.39 is 44.9 Å². The van der Waals surface area contributed by atoms with Crippen LogP contribution in [0.2, 0.25) is 0 Å². The standard InChI is InChI=1S/C22H19N3O10S/c1-3-33-18-9-13(10-19-21(27)23(22(28)36-19)12-20(26)34-4-2)5-7-17(18)35-16-8-6-14(24(29)30)11-15(16)25(31)32/h5-11H,3-4,12H2,1-2H3/b19-10+. The van der Waals surface area contributed by atoms with E-state index in [9.17, 15) is 34.6 Å². The summed E-state index contributed by atoms with van der Waals surface area (Å²) in [6, 6.07) is 7.42. The van der Waals surface area contributed by atoms with Crippen molar-refractivity contribution in [2.75, 3.05) is 19.8 Å². The summed E-state index contributed by atoms with van der Waals surface area (Å²) in [6.07, 6.45) is 1.43. The fourth-order valence-corrected chi connectivity index (χ4v) is 3.90. The van der Waals surface area contributed by atoms with Gasteiger partial charge in [0, 0.05) is 6.07 Å². The van der Waals surface area contributed by atoms with Crippen LogP contribution in [0.25, 0.3) is 6.08 Å². The molecule has 13 nitrogen and oxygen atoms in total. The van der Waals surface area contributed by atoms with Crippen LogP contribution in [0.1, 0.15) is 19.4 Å². The van der Waals surface area contributed by atoms with Crippen LogP contribution in [0.4, 0.5) is 16.2 Å². The van der Waals surface area contributed by atoms with Gasteiger partial charge < -0.3 is 14.2 Å². The third-order valence-corrected chi connectivity index (χ3v) is 5.51. The minimum absolute atomic E-state index is 0.0754. The molecule has 1 heterocycles. The number of hydrogen-bond donors (Lipinski definition) is 0. The monoisotopic (exact) mass is 517 g/mol. The van der Waals surface area contributed by atoms with E-state index in [1.165, 1.54) is 24.3 Å². The third kappa shape index (κ3) is 5.96. The molecule has 1 saturated heterocycles. The van der Waals surface area contributed by atoms with Gasteiger partial charge in [-0.25, -0.2) is 0 Å². The number of nitro benzene ring substituents is 2. The van der Waals surface area contributed by atoms with Gasteiger partial charge in [0.05, 0.1) is 34.0 Å². The number of thioether (sulfide) groups is 1. The first-order valence-electron chi connectivity index (χ1n) is 10.4. The van der Waals surface area contributed by atoms with Crippen LogP contribution < -0.4 is 9.47 Å². The van der Waals surface area contributed by atoms with Crippen LogP contribution in [-0.2, 0) is 14.3 Å². The normalized spacial score (nSPS) is 14.2. The van der Waals surface area contributed by atoms with Gasteiger partial charge in [0.2, 0.25) is 5.75 Å². The van der Waals surface area contributed by atoms with Gasteiger partial charge in [-0.15, -0.1) is 0 Å². The maximum Gasteiger partial charge on any atom is 0.326 e. The molecule has 0 atom stereocenters. The van der Waals surface area contributed by atoms with E-state index in [2.05, 4.69) is 0 Å². The minimum Gasteiger partial charge on any atom is -0.490 e. The lowest BCUT2D eigenvalue weighted by molar-refractivity contribution is -0.394. The molecule has 0 radical (unpaired) electrons. The molecule has 2 amide bonds. The SMILES string of the molecule is CCOC(=O)CN1C(=O)S/C(=C/c2ccc(Oc3ccc([N+](=O)[O-])cc3[N+](=O)[O-])c(OCC)c2)C1=O. The molecule has 1 aliphatic rings. The molecule has 188 valence electrons. The molecule has 0 N–H and O–H groups in total. The average molecular weight is 517 g/mol. The molecule has 3 rings (SSSR count). The quantitative estimate of drug-likeness (QED) is 0.191. The first kappa shape index (κ1) is 26.2. The number of carbonyl (C=O) groups is 3. The van der Waals surface area contributed by atoms with Gasteiger partial charge in [-0.3, -0.25) is 39.5 Å². The topological polar surface area (TPSA) is 168 Å². The van der Waals surface area contributed by atoms with Crippen LogP contribution in [-0.4, -0.2) is 51.6 Å². The van der Waals surface area contributed by atoms with E-state index in [0.29, 0.717) is 17.3 Å². The van der Waals surface area contributed by atoms with Crippen LogP contribution >= 0.6 is 11.8 Å². The zero-order valence-electron chi connectivity index (χ0n) is 19.0. The van der Waals surface area contributed by atoms with Gasteiger partial charge in [-0.1, -0.05) is 6.07 Å². The highest BCUT2D eigenvalue weighted by molar-refractivity contribution is 8.18. The van der Waals surface area contributed by atoms with Crippen molar-refractivity contribution in [2.45, 2.75) is 13.8 Å². The number of nitro groups is 2. The number of esters is 1. The Balaban J connectivity index is 1.89. The van der Waals surface area contributed by atoms with E-state index in [-0.39, 0.29) is 35.4 Å². The molecule has 14 heteroatoms. The largest absolute Gasteiger partial charge is 0.490 e. The molecule has 0 bridgehead atoms. The van der Waals surface area contributed by atoms with Crippen LogP contribution in [0.15, 0.2) is 41.3 Å². The molecule has 2 aromatic carbocycles. The Morgan fingerprint density at radius 1 is 1.00 bits per heavy atom. The van der Waals surface area contributed by atoms with Crippen molar-refractivity contribution in [2.24, 2.45) is 0 Å². The Morgan fingerprint density at radius 2 is 1.72 bits per heavy atom. The molecule has 0 aliphatic carbocycles.